The van der Waals surface area contributed by atoms with Crippen molar-refractivity contribution in [1.29, 1.82) is 0 Å². The number of esters is 2. The van der Waals surface area contributed by atoms with E-state index in [1.165, 1.54) is 82.1 Å². The normalized spacial score (nSPS) is 11.4. The van der Waals surface area contributed by atoms with Gasteiger partial charge in [0.05, 0.1) is 17.7 Å². The molecular formula is C34H51FO5S. The van der Waals surface area contributed by atoms with Crippen molar-refractivity contribution < 1.29 is 28.2 Å². The van der Waals surface area contributed by atoms with Gasteiger partial charge < -0.3 is 14.2 Å². The molecular weight excluding hydrogens is 539 g/mol. The number of rotatable bonds is 22. The molecule has 2 aromatic carbocycles. The summed E-state index contributed by atoms with van der Waals surface area (Å²) in [7, 11) is 0. The van der Waals surface area contributed by atoms with Crippen LogP contribution in [0, 0.1) is 0 Å². The summed E-state index contributed by atoms with van der Waals surface area (Å²) in [6, 6.07) is 13.0. The number of carbonyl (C=O) groups is 2. The fourth-order valence-corrected chi connectivity index (χ4v) is 4.42. The summed E-state index contributed by atoms with van der Waals surface area (Å²) < 4.78 is 30.2. The number of carbonyl (C=O) groups excluding carboxylic acids is 2. The summed E-state index contributed by atoms with van der Waals surface area (Å²) in [5.41, 5.74) is 0.685. The Labute approximate surface area is 254 Å². The second-order valence-electron chi connectivity index (χ2n) is 10.5. The molecule has 1 unspecified atom stereocenters. The molecule has 0 saturated heterocycles. The first-order valence-corrected chi connectivity index (χ1v) is 15.4. The Balaban J connectivity index is 0.00000840. The minimum Gasteiger partial charge on any atom is -0.494 e. The molecule has 5 nitrogen and oxygen atoms in total. The van der Waals surface area contributed by atoms with Gasteiger partial charge in [-0.15, -0.1) is 0 Å². The van der Waals surface area contributed by atoms with E-state index < -0.39 is 18.1 Å². The number of ether oxygens (including phenoxy) is 3. The lowest BCUT2D eigenvalue weighted by atomic mass is 10.1. The summed E-state index contributed by atoms with van der Waals surface area (Å²) >= 11 is 0. The van der Waals surface area contributed by atoms with Gasteiger partial charge in [-0.2, -0.15) is 13.5 Å². The van der Waals surface area contributed by atoms with E-state index in [-0.39, 0.29) is 25.7 Å². The molecule has 1 atom stereocenters. The molecule has 0 N–H and O–H groups in total. The van der Waals surface area contributed by atoms with Crippen LogP contribution in [0.2, 0.25) is 0 Å². The third kappa shape index (κ3) is 16.5. The molecule has 0 saturated carbocycles. The van der Waals surface area contributed by atoms with E-state index in [0.29, 0.717) is 24.3 Å². The van der Waals surface area contributed by atoms with E-state index in [0.717, 1.165) is 37.9 Å². The molecule has 0 spiro atoms. The fourth-order valence-electron chi connectivity index (χ4n) is 4.42. The van der Waals surface area contributed by atoms with Gasteiger partial charge in [0.15, 0.2) is 0 Å². The first-order chi connectivity index (χ1) is 19.5. The maximum Gasteiger partial charge on any atom is 0.343 e. The number of hydrogen-bond acceptors (Lipinski definition) is 5. The minimum absolute atomic E-state index is 0. The predicted octanol–water partition coefficient (Wildman–Crippen LogP) is 9.78. The van der Waals surface area contributed by atoms with Gasteiger partial charge in [0, 0.05) is 0 Å². The molecule has 2 aromatic rings. The lowest BCUT2D eigenvalue weighted by Gasteiger charge is -2.10. The number of hydrogen-bond donors (Lipinski definition) is 0. The quantitative estimate of drug-likeness (QED) is 0.0776. The summed E-state index contributed by atoms with van der Waals surface area (Å²) in [6.45, 7) is 4.77. The van der Waals surface area contributed by atoms with Gasteiger partial charge in [0.25, 0.3) is 0 Å². The fraction of sp³-hybridized carbons (Fsp3) is 0.588. The Morgan fingerprint density at radius 2 is 1.10 bits per heavy atom. The topological polar surface area (TPSA) is 61.8 Å². The van der Waals surface area contributed by atoms with Crippen LogP contribution in [0.5, 0.6) is 11.5 Å². The van der Waals surface area contributed by atoms with Crippen molar-refractivity contribution in [1.82, 2.24) is 0 Å². The first kappa shape index (κ1) is 36.5. The minimum atomic E-state index is -1.16. The van der Waals surface area contributed by atoms with E-state index in [2.05, 4.69) is 13.8 Å². The predicted molar refractivity (Wildman–Crippen MR) is 169 cm³/mol. The molecule has 0 aliphatic heterocycles. The van der Waals surface area contributed by atoms with Crippen molar-refractivity contribution >= 4 is 25.4 Å². The van der Waals surface area contributed by atoms with Gasteiger partial charge in [-0.05, 0) is 61.4 Å². The van der Waals surface area contributed by atoms with E-state index in [9.17, 15) is 14.0 Å². The van der Waals surface area contributed by atoms with Gasteiger partial charge >= 0.3 is 11.9 Å². The summed E-state index contributed by atoms with van der Waals surface area (Å²) in [5.74, 6) is -0.0589. The monoisotopic (exact) mass is 590 g/mol. The standard InChI is InChI=1S/C34H49FO5.H2S/c1-3-5-7-9-10-11-12-13-14-16-26-38-31-22-18-29(19-23-31)34(37)40-32-24-20-28(21-25-32)33(36)39-27-30(35)17-15-8-6-4-2;/h18-25,30H,3-17,26-27H2,1-2H3;1H2. The average Bonchev–Trinajstić information content (AvgIpc) is 2.97. The van der Waals surface area contributed by atoms with Crippen LogP contribution in [0.25, 0.3) is 0 Å². The highest BCUT2D eigenvalue weighted by Crippen LogP contribution is 2.18. The molecule has 7 heteroatoms. The van der Waals surface area contributed by atoms with E-state index in [1.54, 1.807) is 24.3 Å². The molecule has 0 heterocycles. The second-order valence-corrected chi connectivity index (χ2v) is 10.5. The number of halogens is 1. The summed E-state index contributed by atoms with van der Waals surface area (Å²) in [6.07, 6.45) is 16.0. The zero-order chi connectivity index (χ0) is 28.8. The van der Waals surface area contributed by atoms with Crippen LogP contribution >= 0.6 is 13.5 Å². The van der Waals surface area contributed by atoms with Crippen molar-refractivity contribution in [3.63, 3.8) is 0 Å². The molecule has 0 aromatic heterocycles. The third-order valence-corrected chi connectivity index (χ3v) is 6.92. The molecule has 2 rings (SSSR count). The largest absolute Gasteiger partial charge is 0.494 e. The van der Waals surface area contributed by atoms with E-state index in [1.807, 2.05) is 0 Å². The average molecular weight is 591 g/mol. The van der Waals surface area contributed by atoms with Crippen LogP contribution in [0.1, 0.15) is 131 Å². The Hall–Kier alpha value is -2.54. The second kappa shape index (κ2) is 23.1. The molecule has 0 fully saturated rings. The Morgan fingerprint density at radius 3 is 1.66 bits per heavy atom. The summed E-state index contributed by atoms with van der Waals surface area (Å²) in [4.78, 5) is 24.7. The van der Waals surface area contributed by atoms with Gasteiger partial charge in [0.1, 0.15) is 24.3 Å². The van der Waals surface area contributed by atoms with Gasteiger partial charge in [0.2, 0.25) is 0 Å². The van der Waals surface area contributed by atoms with Gasteiger partial charge in [-0.1, -0.05) is 97.3 Å². The smallest absolute Gasteiger partial charge is 0.343 e. The van der Waals surface area contributed by atoms with E-state index in [4.69, 9.17) is 14.2 Å². The Morgan fingerprint density at radius 1 is 0.634 bits per heavy atom. The third-order valence-electron chi connectivity index (χ3n) is 6.92. The van der Waals surface area contributed by atoms with Crippen LogP contribution < -0.4 is 9.47 Å². The van der Waals surface area contributed by atoms with Crippen molar-refractivity contribution in [2.24, 2.45) is 0 Å². The highest BCUT2D eigenvalue weighted by molar-refractivity contribution is 7.59. The lowest BCUT2D eigenvalue weighted by molar-refractivity contribution is 0.0389. The lowest BCUT2D eigenvalue weighted by Crippen LogP contribution is -2.15. The van der Waals surface area contributed by atoms with Gasteiger partial charge in [-0.3, -0.25) is 0 Å². The Bertz CT molecular complexity index is 949. The van der Waals surface area contributed by atoms with Crippen LogP contribution in [-0.4, -0.2) is 31.3 Å². The molecule has 0 amide bonds. The van der Waals surface area contributed by atoms with Crippen molar-refractivity contribution in [2.75, 3.05) is 13.2 Å². The molecule has 0 aliphatic rings. The number of unbranched alkanes of at least 4 members (excludes halogenated alkanes) is 12. The summed E-state index contributed by atoms with van der Waals surface area (Å²) in [5, 5.41) is 0. The number of benzene rings is 2. The Kier molecular flexibility index (Phi) is 20.5. The van der Waals surface area contributed by atoms with E-state index >= 15 is 0 Å². The highest BCUT2D eigenvalue weighted by atomic mass is 32.1. The zero-order valence-corrected chi connectivity index (χ0v) is 26.1. The first-order valence-electron chi connectivity index (χ1n) is 15.4. The molecule has 0 radical (unpaired) electrons. The van der Waals surface area contributed by atoms with Crippen molar-refractivity contribution in [3.05, 3.63) is 59.7 Å². The molecule has 41 heavy (non-hydrogen) atoms. The molecule has 0 aliphatic carbocycles. The van der Waals surface area contributed by atoms with Crippen LogP contribution in [0.3, 0.4) is 0 Å². The van der Waals surface area contributed by atoms with Crippen LogP contribution in [-0.2, 0) is 4.74 Å². The highest BCUT2D eigenvalue weighted by Gasteiger charge is 2.14. The SMILES string of the molecule is CCCCCCCCCCCCOc1ccc(C(=O)Oc2ccc(C(=O)OCC(F)CCCCCC)cc2)cc1.S. The molecule has 0 bridgehead atoms. The molecule has 230 valence electrons. The van der Waals surface area contributed by atoms with Crippen LogP contribution in [0.15, 0.2) is 48.5 Å². The number of alkyl halides is 1. The van der Waals surface area contributed by atoms with Crippen molar-refractivity contribution in [3.8, 4) is 11.5 Å². The van der Waals surface area contributed by atoms with Crippen LogP contribution in [0.4, 0.5) is 4.39 Å². The van der Waals surface area contributed by atoms with Crippen molar-refractivity contribution in [2.45, 2.75) is 116 Å². The zero-order valence-electron chi connectivity index (χ0n) is 25.1. The maximum absolute atomic E-state index is 13.9. The van der Waals surface area contributed by atoms with Gasteiger partial charge in [-0.25, -0.2) is 14.0 Å². The maximum atomic E-state index is 13.9.